The number of hydrogen-bond donors (Lipinski definition) is 1. The van der Waals surface area contributed by atoms with Crippen molar-refractivity contribution >= 4 is 49.2 Å². The lowest BCUT2D eigenvalue weighted by Gasteiger charge is -2.01. The quantitative estimate of drug-likeness (QED) is 0.479. The summed E-state index contributed by atoms with van der Waals surface area (Å²) in [5.41, 5.74) is 0.709. The van der Waals surface area contributed by atoms with E-state index in [0.29, 0.717) is 20.8 Å². The SMILES string of the molecule is C#CCn1c(=NC(=O)CCSc2ccccc2)sc2cc(S(N)(=O)=O)ccc21. The predicted molar refractivity (Wildman–Crippen MR) is 112 cm³/mol. The molecule has 0 unspecified atom stereocenters. The second-order valence-electron chi connectivity index (χ2n) is 5.77. The highest BCUT2D eigenvalue weighted by Crippen LogP contribution is 2.21. The molecule has 2 aromatic carbocycles. The van der Waals surface area contributed by atoms with E-state index in [0.717, 1.165) is 4.90 Å². The van der Waals surface area contributed by atoms with Crippen LogP contribution in [0.25, 0.3) is 10.2 Å². The summed E-state index contributed by atoms with van der Waals surface area (Å²) in [5, 5.41) is 5.19. The van der Waals surface area contributed by atoms with Crippen molar-refractivity contribution < 1.29 is 13.2 Å². The van der Waals surface area contributed by atoms with Crippen molar-refractivity contribution in [3.63, 3.8) is 0 Å². The Labute approximate surface area is 171 Å². The molecule has 0 saturated heterocycles. The molecule has 0 saturated carbocycles. The van der Waals surface area contributed by atoms with Gasteiger partial charge in [0.1, 0.15) is 0 Å². The lowest BCUT2D eigenvalue weighted by Crippen LogP contribution is -2.16. The van der Waals surface area contributed by atoms with Crippen molar-refractivity contribution in [1.82, 2.24) is 4.57 Å². The highest BCUT2D eigenvalue weighted by Gasteiger charge is 2.13. The summed E-state index contributed by atoms with van der Waals surface area (Å²) in [5.74, 6) is 2.89. The average Bonchev–Trinajstić information content (AvgIpc) is 2.99. The zero-order valence-electron chi connectivity index (χ0n) is 14.7. The molecule has 0 aliphatic heterocycles. The number of thioether (sulfide) groups is 1. The first kappa shape index (κ1) is 20.4. The van der Waals surface area contributed by atoms with E-state index in [1.54, 1.807) is 22.4 Å². The standard InChI is InChI=1S/C19H17N3O3S3/c1-2-11-22-16-9-8-15(28(20,24)25)13-17(16)27-19(22)21-18(23)10-12-26-14-6-4-3-5-7-14/h1,3-9,13H,10-12H2,(H2,20,24,25). The maximum atomic E-state index is 12.3. The smallest absolute Gasteiger partial charge is 0.249 e. The Hall–Kier alpha value is -2.38. The Bertz CT molecular complexity index is 1220. The average molecular weight is 432 g/mol. The second-order valence-corrected chi connectivity index (χ2v) is 9.51. The summed E-state index contributed by atoms with van der Waals surface area (Å²) < 4.78 is 25.5. The monoisotopic (exact) mass is 431 g/mol. The number of sulfonamides is 1. The molecule has 3 rings (SSSR count). The van der Waals surface area contributed by atoms with Gasteiger partial charge in [0.15, 0.2) is 4.80 Å². The maximum absolute atomic E-state index is 12.3. The highest BCUT2D eigenvalue weighted by atomic mass is 32.2. The third kappa shape index (κ3) is 4.91. The summed E-state index contributed by atoms with van der Waals surface area (Å²) >= 11 is 2.79. The Balaban J connectivity index is 1.86. The van der Waals surface area contributed by atoms with Crippen LogP contribution in [-0.4, -0.2) is 24.6 Å². The van der Waals surface area contributed by atoms with Crippen LogP contribution in [0.15, 0.2) is 63.3 Å². The maximum Gasteiger partial charge on any atom is 0.249 e. The third-order valence-electron chi connectivity index (χ3n) is 3.78. The molecule has 1 amide bonds. The molecule has 144 valence electrons. The third-order valence-corrected chi connectivity index (χ3v) is 6.75. The number of carbonyl (C=O) groups excluding carboxylic acids is 1. The molecule has 2 N–H and O–H groups in total. The van der Waals surface area contributed by atoms with Crippen LogP contribution in [0.5, 0.6) is 0 Å². The fraction of sp³-hybridized carbons (Fsp3) is 0.158. The number of thiazole rings is 1. The first-order valence-electron chi connectivity index (χ1n) is 8.23. The van der Waals surface area contributed by atoms with Gasteiger partial charge in [-0.05, 0) is 30.3 Å². The van der Waals surface area contributed by atoms with Crippen LogP contribution < -0.4 is 9.94 Å². The van der Waals surface area contributed by atoms with Gasteiger partial charge in [0, 0.05) is 17.1 Å². The fourth-order valence-electron chi connectivity index (χ4n) is 2.50. The van der Waals surface area contributed by atoms with E-state index < -0.39 is 10.0 Å². The van der Waals surface area contributed by atoms with Crippen molar-refractivity contribution in [2.45, 2.75) is 22.8 Å². The van der Waals surface area contributed by atoms with Gasteiger partial charge < -0.3 is 4.57 Å². The van der Waals surface area contributed by atoms with Crippen LogP contribution in [0.4, 0.5) is 0 Å². The van der Waals surface area contributed by atoms with Gasteiger partial charge in [-0.3, -0.25) is 4.79 Å². The molecule has 1 aromatic heterocycles. The molecule has 0 aliphatic carbocycles. The summed E-state index contributed by atoms with van der Waals surface area (Å²) in [7, 11) is -3.81. The number of hydrogen-bond acceptors (Lipinski definition) is 5. The second kappa shape index (κ2) is 8.75. The zero-order valence-corrected chi connectivity index (χ0v) is 17.2. The van der Waals surface area contributed by atoms with E-state index in [1.165, 1.54) is 23.5 Å². The van der Waals surface area contributed by atoms with Crippen molar-refractivity contribution in [3.8, 4) is 12.3 Å². The van der Waals surface area contributed by atoms with E-state index in [1.807, 2.05) is 30.3 Å². The zero-order chi connectivity index (χ0) is 20.1. The minimum Gasteiger partial charge on any atom is -0.305 e. The van der Waals surface area contributed by atoms with Crippen molar-refractivity contribution in [2.75, 3.05) is 5.75 Å². The molecule has 9 heteroatoms. The van der Waals surface area contributed by atoms with Gasteiger partial charge in [0.05, 0.1) is 21.7 Å². The lowest BCUT2D eigenvalue weighted by atomic mass is 10.3. The Morgan fingerprint density at radius 1 is 1.25 bits per heavy atom. The van der Waals surface area contributed by atoms with Gasteiger partial charge in [-0.1, -0.05) is 35.5 Å². The van der Waals surface area contributed by atoms with Crippen LogP contribution in [0.1, 0.15) is 6.42 Å². The molecule has 1 heterocycles. The van der Waals surface area contributed by atoms with Crippen LogP contribution >= 0.6 is 23.1 Å². The number of aromatic nitrogens is 1. The molecule has 6 nitrogen and oxygen atoms in total. The molecule has 0 spiro atoms. The first-order chi connectivity index (χ1) is 13.4. The van der Waals surface area contributed by atoms with Crippen LogP contribution in [0.3, 0.4) is 0 Å². The largest absolute Gasteiger partial charge is 0.305 e. The van der Waals surface area contributed by atoms with Crippen LogP contribution in [-0.2, 0) is 21.4 Å². The van der Waals surface area contributed by atoms with Gasteiger partial charge in [-0.15, -0.1) is 18.2 Å². The molecule has 0 radical (unpaired) electrons. The van der Waals surface area contributed by atoms with Crippen LogP contribution in [0.2, 0.25) is 0 Å². The van der Waals surface area contributed by atoms with Gasteiger partial charge in [0.2, 0.25) is 15.9 Å². The minimum atomic E-state index is -3.81. The van der Waals surface area contributed by atoms with Gasteiger partial charge in [-0.25, -0.2) is 13.6 Å². The topological polar surface area (TPSA) is 94.5 Å². The molecule has 3 aromatic rings. The number of primary sulfonamides is 1. The summed E-state index contributed by atoms with van der Waals surface area (Å²) in [6, 6.07) is 14.3. The molecule has 28 heavy (non-hydrogen) atoms. The van der Waals surface area contributed by atoms with Crippen LogP contribution in [0, 0.1) is 12.3 Å². The van der Waals surface area contributed by atoms with E-state index in [4.69, 9.17) is 11.6 Å². The summed E-state index contributed by atoms with van der Waals surface area (Å²) in [6.07, 6.45) is 5.73. The first-order valence-corrected chi connectivity index (χ1v) is 11.6. The highest BCUT2D eigenvalue weighted by molar-refractivity contribution is 7.99. The molecular formula is C19H17N3O3S3. The molecule has 0 atom stereocenters. The normalized spacial score (nSPS) is 12.2. The fourth-order valence-corrected chi connectivity index (χ4v) is 5.06. The summed E-state index contributed by atoms with van der Waals surface area (Å²) in [6.45, 7) is 0.222. The molecule has 0 aliphatic rings. The Morgan fingerprint density at radius 2 is 2.00 bits per heavy atom. The van der Waals surface area contributed by atoms with Gasteiger partial charge in [-0.2, -0.15) is 4.99 Å². The van der Waals surface area contributed by atoms with Gasteiger partial charge in [0.25, 0.3) is 0 Å². The number of terminal acetylenes is 1. The van der Waals surface area contributed by atoms with E-state index in [9.17, 15) is 13.2 Å². The summed E-state index contributed by atoms with van der Waals surface area (Å²) in [4.78, 5) is 18.0. The molecule has 0 fully saturated rings. The van der Waals surface area contributed by atoms with Crippen molar-refractivity contribution in [3.05, 3.63) is 53.3 Å². The number of benzene rings is 2. The van der Waals surface area contributed by atoms with E-state index in [2.05, 4.69) is 10.9 Å². The number of nitrogens with zero attached hydrogens (tertiary/aromatic N) is 2. The Kier molecular flexibility index (Phi) is 6.36. The van der Waals surface area contributed by atoms with Gasteiger partial charge >= 0.3 is 0 Å². The molecule has 0 bridgehead atoms. The number of fused-ring (bicyclic) bond motifs is 1. The minimum absolute atomic E-state index is 0.00578. The number of amides is 1. The number of nitrogens with two attached hydrogens (primary N) is 1. The Morgan fingerprint density at radius 3 is 2.68 bits per heavy atom. The van der Waals surface area contributed by atoms with Crippen molar-refractivity contribution in [1.29, 1.82) is 0 Å². The van der Waals surface area contributed by atoms with E-state index >= 15 is 0 Å². The molecular weight excluding hydrogens is 414 g/mol. The van der Waals surface area contributed by atoms with Crippen molar-refractivity contribution in [2.24, 2.45) is 10.1 Å². The number of rotatable bonds is 6. The number of carbonyl (C=O) groups is 1. The predicted octanol–water partition coefficient (Wildman–Crippen LogP) is 2.59. The lowest BCUT2D eigenvalue weighted by molar-refractivity contribution is -0.117. The van der Waals surface area contributed by atoms with E-state index in [-0.39, 0.29) is 23.8 Å².